The quantitative estimate of drug-likeness (QED) is 0.782. The smallest absolute Gasteiger partial charge is 0.166 e. The van der Waals surface area contributed by atoms with Crippen molar-refractivity contribution in [1.29, 1.82) is 5.26 Å². The fourth-order valence-electron chi connectivity index (χ4n) is 4.01. The van der Waals surface area contributed by atoms with E-state index >= 15 is 0 Å². The van der Waals surface area contributed by atoms with Gasteiger partial charge in [0.25, 0.3) is 0 Å². The first-order chi connectivity index (χ1) is 10.1. The number of piperidine rings is 2. The van der Waals surface area contributed by atoms with Gasteiger partial charge in [0.2, 0.25) is 0 Å². The number of rotatable bonds is 2. The Labute approximate surface area is 126 Å². The summed E-state index contributed by atoms with van der Waals surface area (Å²) >= 11 is 0. The lowest BCUT2D eigenvalue weighted by molar-refractivity contribution is 0.0338. The molecule has 3 nitrogen and oxygen atoms in total. The zero-order valence-corrected chi connectivity index (χ0v) is 12.8. The zero-order chi connectivity index (χ0) is 15.0. The van der Waals surface area contributed by atoms with Crippen molar-refractivity contribution in [2.75, 3.05) is 7.05 Å². The van der Waals surface area contributed by atoms with Crippen LogP contribution >= 0.6 is 0 Å². The van der Waals surface area contributed by atoms with E-state index in [1.54, 1.807) is 6.07 Å². The van der Waals surface area contributed by atoms with E-state index in [-0.39, 0.29) is 11.7 Å². The molecule has 2 heterocycles. The molecular weight excluding hydrogens is 260 g/mol. The molecule has 0 N–H and O–H groups in total. The Hall–Kier alpha value is -1.66. The molecule has 3 heteroatoms. The van der Waals surface area contributed by atoms with Crippen LogP contribution in [0.1, 0.15) is 53.6 Å². The first-order valence-corrected chi connectivity index (χ1v) is 7.87. The van der Waals surface area contributed by atoms with Crippen LogP contribution in [0, 0.1) is 24.2 Å². The molecule has 2 aliphatic heterocycles. The van der Waals surface area contributed by atoms with Gasteiger partial charge in [-0.3, -0.25) is 4.79 Å². The van der Waals surface area contributed by atoms with Crippen molar-refractivity contribution < 1.29 is 4.79 Å². The molecule has 0 saturated carbocycles. The summed E-state index contributed by atoms with van der Waals surface area (Å²) in [6.45, 7) is 1.90. The lowest BCUT2D eigenvalue weighted by Gasteiger charge is -2.46. The Morgan fingerprint density at radius 2 is 1.95 bits per heavy atom. The molecule has 2 fully saturated rings. The predicted molar refractivity (Wildman–Crippen MR) is 82.1 cm³/mol. The number of benzene rings is 1. The van der Waals surface area contributed by atoms with E-state index in [0.29, 0.717) is 17.6 Å². The highest BCUT2D eigenvalue weighted by atomic mass is 16.1. The summed E-state index contributed by atoms with van der Waals surface area (Å²) in [6, 6.07) is 8.79. The van der Waals surface area contributed by atoms with E-state index < -0.39 is 0 Å². The van der Waals surface area contributed by atoms with Gasteiger partial charge in [0, 0.05) is 23.6 Å². The van der Waals surface area contributed by atoms with Gasteiger partial charge in [0.05, 0.1) is 11.6 Å². The van der Waals surface area contributed by atoms with E-state index in [1.807, 2.05) is 19.1 Å². The number of carbonyl (C=O) groups is 1. The van der Waals surface area contributed by atoms with Crippen LogP contribution in [0.5, 0.6) is 0 Å². The van der Waals surface area contributed by atoms with Gasteiger partial charge in [-0.05, 0) is 57.4 Å². The lowest BCUT2D eigenvalue weighted by atomic mass is 9.76. The average Bonchev–Trinajstić information content (AvgIpc) is 2.46. The standard InChI is InChI=1S/C18H22N2O/c1-12-8-13(6-7-14(12)11-19)18(21)15-9-16-4-3-5-17(10-15)20(16)2/h6-8,15-17H,3-5,9-10H2,1-2H3. The van der Waals surface area contributed by atoms with Crippen LogP contribution in [0.2, 0.25) is 0 Å². The fourth-order valence-corrected chi connectivity index (χ4v) is 4.01. The third kappa shape index (κ3) is 2.61. The summed E-state index contributed by atoms with van der Waals surface area (Å²) in [7, 11) is 2.21. The minimum absolute atomic E-state index is 0.156. The number of Topliss-reactive ketones (excluding diaryl/α,β-unsaturated/α-hetero) is 1. The molecule has 1 aromatic rings. The highest BCUT2D eigenvalue weighted by Gasteiger charge is 2.38. The summed E-state index contributed by atoms with van der Waals surface area (Å²) in [4.78, 5) is 15.3. The van der Waals surface area contributed by atoms with Crippen molar-refractivity contribution in [3.8, 4) is 6.07 Å². The Balaban J connectivity index is 1.80. The number of hydrogen-bond acceptors (Lipinski definition) is 3. The first-order valence-electron chi connectivity index (χ1n) is 7.87. The first kappa shape index (κ1) is 14.3. The summed E-state index contributed by atoms with van der Waals surface area (Å²) in [6.07, 6.45) is 5.73. The SMILES string of the molecule is Cc1cc(C(=O)C2CC3CCCC(C2)N3C)ccc1C#N. The van der Waals surface area contributed by atoms with Gasteiger partial charge < -0.3 is 4.90 Å². The number of ketones is 1. The minimum atomic E-state index is 0.156. The van der Waals surface area contributed by atoms with Crippen LogP contribution in [0.3, 0.4) is 0 Å². The highest BCUT2D eigenvalue weighted by Crippen LogP contribution is 2.37. The second-order valence-corrected chi connectivity index (χ2v) is 6.58. The molecule has 2 unspecified atom stereocenters. The molecule has 2 saturated heterocycles. The van der Waals surface area contributed by atoms with E-state index in [2.05, 4.69) is 18.0 Å². The molecule has 21 heavy (non-hydrogen) atoms. The Morgan fingerprint density at radius 3 is 2.52 bits per heavy atom. The predicted octanol–water partition coefficient (Wildman–Crippen LogP) is 3.31. The fraction of sp³-hybridized carbons (Fsp3) is 0.556. The molecule has 110 valence electrons. The average molecular weight is 282 g/mol. The van der Waals surface area contributed by atoms with Gasteiger partial charge in [-0.15, -0.1) is 0 Å². The highest BCUT2D eigenvalue weighted by molar-refractivity contribution is 5.98. The molecule has 2 atom stereocenters. The third-order valence-corrected chi connectivity index (χ3v) is 5.34. The monoisotopic (exact) mass is 282 g/mol. The molecule has 1 aromatic carbocycles. The van der Waals surface area contributed by atoms with Crippen LogP contribution in [0.4, 0.5) is 0 Å². The van der Waals surface area contributed by atoms with E-state index in [4.69, 9.17) is 5.26 Å². The normalized spacial score (nSPS) is 28.9. The maximum absolute atomic E-state index is 12.8. The Bertz CT molecular complexity index is 588. The van der Waals surface area contributed by atoms with Gasteiger partial charge >= 0.3 is 0 Å². The maximum Gasteiger partial charge on any atom is 0.166 e. The van der Waals surface area contributed by atoms with E-state index in [1.165, 1.54) is 19.3 Å². The Kier molecular flexibility index (Phi) is 3.82. The van der Waals surface area contributed by atoms with Crippen molar-refractivity contribution in [3.05, 3.63) is 34.9 Å². The van der Waals surface area contributed by atoms with Crippen LogP contribution in [0.15, 0.2) is 18.2 Å². The number of nitriles is 1. The summed E-state index contributed by atoms with van der Waals surface area (Å²) < 4.78 is 0. The molecule has 0 radical (unpaired) electrons. The van der Waals surface area contributed by atoms with Crippen LogP contribution < -0.4 is 0 Å². The molecule has 3 rings (SSSR count). The van der Waals surface area contributed by atoms with Crippen LogP contribution in [0.25, 0.3) is 0 Å². The molecular formula is C18H22N2O. The van der Waals surface area contributed by atoms with E-state index in [0.717, 1.165) is 24.0 Å². The second kappa shape index (κ2) is 5.61. The molecule has 2 aliphatic rings. The summed E-state index contributed by atoms with van der Waals surface area (Å²) in [5.41, 5.74) is 2.34. The minimum Gasteiger partial charge on any atom is -0.300 e. The van der Waals surface area contributed by atoms with Gasteiger partial charge in [-0.1, -0.05) is 12.5 Å². The van der Waals surface area contributed by atoms with Gasteiger partial charge in [0.1, 0.15) is 0 Å². The van der Waals surface area contributed by atoms with Gasteiger partial charge in [-0.25, -0.2) is 0 Å². The van der Waals surface area contributed by atoms with Crippen molar-refractivity contribution >= 4 is 5.78 Å². The van der Waals surface area contributed by atoms with Crippen molar-refractivity contribution in [3.63, 3.8) is 0 Å². The van der Waals surface area contributed by atoms with Gasteiger partial charge in [-0.2, -0.15) is 5.26 Å². The van der Waals surface area contributed by atoms with Crippen molar-refractivity contribution in [2.24, 2.45) is 5.92 Å². The van der Waals surface area contributed by atoms with Crippen LogP contribution in [-0.4, -0.2) is 29.8 Å². The Morgan fingerprint density at radius 1 is 1.29 bits per heavy atom. The summed E-state index contributed by atoms with van der Waals surface area (Å²) in [5, 5.41) is 8.99. The van der Waals surface area contributed by atoms with Crippen LogP contribution in [-0.2, 0) is 0 Å². The third-order valence-electron chi connectivity index (χ3n) is 5.34. The number of carbonyl (C=O) groups excluding carboxylic acids is 1. The lowest BCUT2D eigenvalue weighted by Crippen LogP contribution is -2.51. The van der Waals surface area contributed by atoms with E-state index in [9.17, 15) is 4.79 Å². The second-order valence-electron chi connectivity index (χ2n) is 6.58. The number of aryl methyl sites for hydroxylation is 1. The number of nitrogens with zero attached hydrogens (tertiary/aromatic N) is 2. The molecule has 0 amide bonds. The number of hydrogen-bond donors (Lipinski definition) is 0. The molecule has 2 bridgehead atoms. The van der Waals surface area contributed by atoms with Crippen molar-refractivity contribution in [1.82, 2.24) is 4.90 Å². The maximum atomic E-state index is 12.8. The zero-order valence-electron chi connectivity index (χ0n) is 12.8. The number of fused-ring (bicyclic) bond motifs is 2. The van der Waals surface area contributed by atoms with Gasteiger partial charge in [0.15, 0.2) is 5.78 Å². The topological polar surface area (TPSA) is 44.1 Å². The molecule has 0 spiro atoms. The van der Waals surface area contributed by atoms with Crippen molar-refractivity contribution in [2.45, 2.75) is 51.1 Å². The summed E-state index contributed by atoms with van der Waals surface area (Å²) in [5.74, 6) is 0.427. The molecule has 0 aliphatic carbocycles. The molecule has 0 aromatic heterocycles. The largest absolute Gasteiger partial charge is 0.300 e.